The summed E-state index contributed by atoms with van der Waals surface area (Å²) in [6.45, 7) is 11.0. The molecule has 3 aromatic rings. The van der Waals surface area contributed by atoms with E-state index >= 15 is 0 Å². The van der Waals surface area contributed by atoms with E-state index in [0.29, 0.717) is 23.7 Å². The van der Waals surface area contributed by atoms with E-state index in [1.165, 1.54) is 4.90 Å². The van der Waals surface area contributed by atoms with Gasteiger partial charge in [-0.15, -0.1) is 0 Å². The number of rotatable bonds is 13. The minimum absolute atomic E-state index is 0.000312. The zero-order valence-corrected chi connectivity index (χ0v) is 33.5. The average Bonchev–Trinajstić information content (AvgIpc) is 3.77. The molecule has 3 fully saturated rings. The quantitative estimate of drug-likeness (QED) is 0.174. The van der Waals surface area contributed by atoms with Crippen molar-refractivity contribution in [2.24, 2.45) is 16.6 Å². The van der Waals surface area contributed by atoms with Crippen molar-refractivity contribution in [1.82, 2.24) is 24.5 Å². The summed E-state index contributed by atoms with van der Waals surface area (Å²) in [4.78, 5) is 71.4. The number of hydrogen-bond donors (Lipinski definition) is 1. The number of hydrogen-bond acceptors (Lipinski definition) is 10. The molecular formula is C42H48ClN7O7. The Morgan fingerprint density at radius 3 is 2.28 bits per heavy atom. The minimum atomic E-state index is -1.13. The predicted molar refractivity (Wildman–Crippen MR) is 209 cm³/mol. The summed E-state index contributed by atoms with van der Waals surface area (Å²) in [6.07, 6.45) is 6.13. The third-order valence-corrected chi connectivity index (χ3v) is 12.5. The van der Waals surface area contributed by atoms with Crippen molar-refractivity contribution in [3.8, 4) is 17.6 Å². The van der Waals surface area contributed by atoms with Crippen molar-refractivity contribution in [2.75, 3.05) is 26.2 Å². The molecule has 1 aliphatic carbocycles. The van der Waals surface area contributed by atoms with E-state index in [4.69, 9.17) is 26.8 Å². The number of aromatic nitrogens is 2. The van der Waals surface area contributed by atoms with Gasteiger partial charge in [-0.3, -0.25) is 38.5 Å². The second kappa shape index (κ2) is 15.6. The van der Waals surface area contributed by atoms with Gasteiger partial charge in [0.15, 0.2) is 0 Å². The number of benzene rings is 2. The lowest BCUT2D eigenvalue weighted by Crippen LogP contribution is -2.77. The Morgan fingerprint density at radius 1 is 0.912 bits per heavy atom. The number of unbranched alkanes of at least 4 members (excludes halogenated alkanes) is 2. The van der Waals surface area contributed by atoms with Gasteiger partial charge in [0.1, 0.15) is 35.4 Å². The Kier molecular flexibility index (Phi) is 10.9. The highest BCUT2D eigenvalue weighted by molar-refractivity contribution is 6.31. The van der Waals surface area contributed by atoms with Crippen LogP contribution in [0.3, 0.4) is 0 Å². The summed E-state index contributed by atoms with van der Waals surface area (Å²) in [5, 5.41) is 13.8. The first-order valence-electron chi connectivity index (χ1n) is 19.6. The molecule has 1 aromatic heterocycles. The number of carbonyl (C=O) groups is 5. The first kappa shape index (κ1) is 40.0. The van der Waals surface area contributed by atoms with Crippen LogP contribution in [0.5, 0.6) is 11.5 Å². The van der Waals surface area contributed by atoms with E-state index in [1.807, 2.05) is 44.6 Å². The predicted octanol–water partition coefficient (Wildman–Crippen LogP) is 5.39. The highest BCUT2D eigenvalue weighted by Gasteiger charge is 2.68. The number of amides is 5. The van der Waals surface area contributed by atoms with Gasteiger partial charge < -0.3 is 20.1 Å². The normalized spacial score (nSPS) is 23.3. The molecule has 1 atom stereocenters. The van der Waals surface area contributed by atoms with Crippen LogP contribution < -0.4 is 15.2 Å². The van der Waals surface area contributed by atoms with Crippen LogP contribution in [0.1, 0.15) is 115 Å². The maximum absolute atomic E-state index is 14.3. The SMILES string of the molecule is CC1(C)C(Oc2ccc(C#N)c(Cl)c2)C(C)(C)C1N1C(=O)CCC(N2C(=O)c3ccc(OCCCCCN4CCC(n5ccc(C(N)=O)n5)CC4)cc3C2=O)C1=O. The Hall–Kier alpha value is -5.26. The number of piperidine rings is 2. The van der Waals surface area contributed by atoms with Gasteiger partial charge in [0, 0.05) is 42.6 Å². The van der Waals surface area contributed by atoms with Crippen molar-refractivity contribution >= 4 is 41.1 Å². The Morgan fingerprint density at radius 2 is 1.61 bits per heavy atom. The van der Waals surface area contributed by atoms with Gasteiger partial charge in [-0.25, -0.2) is 0 Å². The topological polar surface area (TPSA) is 181 Å². The fourth-order valence-corrected chi connectivity index (χ4v) is 9.88. The number of nitrogens with two attached hydrogens (primary N) is 1. The number of ether oxygens (including phenoxy) is 2. The molecule has 14 nitrogen and oxygen atoms in total. The Balaban J connectivity index is 0.914. The number of primary amides is 1. The summed E-state index contributed by atoms with van der Waals surface area (Å²) >= 11 is 6.25. The molecule has 0 bridgehead atoms. The molecule has 3 aliphatic heterocycles. The molecular weight excluding hydrogens is 750 g/mol. The molecule has 4 heterocycles. The van der Waals surface area contributed by atoms with Crippen LogP contribution in [-0.4, -0.2) is 98.4 Å². The third kappa shape index (κ3) is 7.39. The Labute approximate surface area is 336 Å². The highest BCUT2D eigenvalue weighted by Crippen LogP contribution is 2.58. The fourth-order valence-electron chi connectivity index (χ4n) is 9.67. The number of carbonyl (C=O) groups excluding carboxylic acids is 5. The van der Waals surface area contributed by atoms with Crippen LogP contribution in [0, 0.1) is 22.2 Å². The molecule has 2 saturated heterocycles. The maximum atomic E-state index is 14.3. The fraction of sp³-hybridized carbons (Fsp3) is 0.500. The number of likely N-dealkylation sites (tertiary alicyclic amines) is 2. The second-order valence-corrected chi connectivity index (χ2v) is 17.1. The summed E-state index contributed by atoms with van der Waals surface area (Å²) in [5.41, 5.74) is 4.92. The van der Waals surface area contributed by atoms with Crippen LogP contribution in [0.25, 0.3) is 0 Å². The minimum Gasteiger partial charge on any atom is -0.494 e. The van der Waals surface area contributed by atoms with Gasteiger partial charge in [-0.05, 0) is 81.5 Å². The van der Waals surface area contributed by atoms with Crippen LogP contribution in [0.15, 0.2) is 48.7 Å². The largest absolute Gasteiger partial charge is 0.494 e. The van der Waals surface area contributed by atoms with Gasteiger partial charge in [0.05, 0.1) is 40.4 Å². The van der Waals surface area contributed by atoms with E-state index < -0.39 is 52.6 Å². The monoisotopic (exact) mass is 797 g/mol. The number of nitriles is 1. The Bertz CT molecular complexity index is 2130. The van der Waals surface area contributed by atoms with Crippen LogP contribution in [-0.2, 0) is 9.59 Å². The van der Waals surface area contributed by atoms with Crippen LogP contribution in [0.4, 0.5) is 0 Å². The summed E-state index contributed by atoms with van der Waals surface area (Å²) in [6, 6.07) is 11.9. The molecule has 0 spiro atoms. The van der Waals surface area contributed by atoms with Crippen molar-refractivity contribution in [2.45, 2.75) is 96.9 Å². The number of imide groups is 2. The second-order valence-electron chi connectivity index (χ2n) is 16.7. The van der Waals surface area contributed by atoms with E-state index in [2.05, 4.69) is 10.00 Å². The molecule has 300 valence electrons. The summed E-state index contributed by atoms with van der Waals surface area (Å²) in [5.74, 6) is -1.67. The van der Waals surface area contributed by atoms with Crippen LogP contribution in [0.2, 0.25) is 5.02 Å². The average molecular weight is 798 g/mol. The number of fused-ring (bicyclic) bond motifs is 1. The molecule has 1 unspecified atom stereocenters. The molecule has 2 N–H and O–H groups in total. The van der Waals surface area contributed by atoms with Gasteiger partial charge in [-0.2, -0.15) is 10.4 Å². The van der Waals surface area contributed by atoms with Crippen LogP contribution >= 0.6 is 11.6 Å². The number of nitrogens with zero attached hydrogens (tertiary/aromatic N) is 6. The van der Waals surface area contributed by atoms with E-state index in [-0.39, 0.29) is 46.6 Å². The molecule has 2 aromatic carbocycles. The molecule has 1 saturated carbocycles. The van der Waals surface area contributed by atoms with E-state index in [0.717, 1.165) is 56.6 Å². The smallest absolute Gasteiger partial charge is 0.269 e. The maximum Gasteiger partial charge on any atom is 0.269 e. The molecule has 0 radical (unpaired) electrons. The molecule has 4 aliphatic rings. The standard InChI is InChI=1S/C42H48ClN7O7/c1-41(2)39(42(3,4)40(41)57-28-9-8-25(24-44)31(43)23-28)50-34(51)13-12-33(38(50)55)49-36(53)29-11-10-27(22-30(29)37(49)54)56-21-7-5-6-17-47-18-14-26(15-19-47)48-20-16-32(46-48)35(45)52/h8-11,16,20,22-23,26,33,39-40H,5-7,12-15,17-19,21H2,1-4H3,(H2,45,52). The summed E-state index contributed by atoms with van der Waals surface area (Å²) < 4.78 is 14.2. The van der Waals surface area contributed by atoms with Crippen molar-refractivity contribution in [3.63, 3.8) is 0 Å². The molecule has 15 heteroatoms. The van der Waals surface area contributed by atoms with Gasteiger partial charge in [0.2, 0.25) is 5.91 Å². The van der Waals surface area contributed by atoms with Crippen molar-refractivity contribution in [3.05, 3.63) is 76.1 Å². The zero-order chi connectivity index (χ0) is 40.8. The van der Waals surface area contributed by atoms with Crippen molar-refractivity contribution in [1.29, 1.82) is 5.26 Å². The first-order valence-corrected chi connectivity index (χ1v) is 20.0. The molecule has 57 heavy (non-hydrogen) atoms. The third-order valence-electron chi connectivity index (χ3n) is 12.1. The van der Waals surface area contributed by atoms with Crippen molar-refractivity contribution < 1.29 is 33.4 Å². The van der Waals surface area contributed by atoms with E-state index in [1.54, 1.807) is 42.5 Å². The van der Waals surface area contributed by atoms with E-state index in [9.17, 15) is 29.2 Å². The molecule has 7 rings (SSSR count). The zero-order valence-electron chi connectivity index (χ0n) is 32.7. The van der Waals surface area contributed by atoms with Gasteiger partial charge >= 0.3 is 0 Å². The van der Waals surface area contributed by atoms with Gasteiger partial charge in [0.25, 0.3) is 23.6 Å². The lowest BCUT2D eigenvalue weighted by atomic mass is 9.48. The molecule has 5 amide bonds. The van der Waals surface area contributed by atoms with Gasteiger partial charge in [-0.1, -0.05) is 39.3 Å². The summed E-state index contributed by atoms with van der Waals surface area (Å²) in [7, 11) is 0. The lowest BCUT2D eigenvalue weighted by Gasteiger charge is -2.65. The highest BCUT2D eigenvalue weighted by atomic mass is 35.5. The number of halogens is 1. The lowest BCUT2D eigenvalue weighted by molar-refractivity contribution is -0.216. The first-order chi connectivity index (χ1) is 27.1.